The first-order valence-corrected chi connectivity index (χ1v) is 8.70. The van der Waals surface area contributed by atoms with Crippen molar-refractivity contribution in [2.75, 3.05) is 31.6 Å². The quantitative estimate of drug-likeness (QED) is 0.855. The lowest BCUT2D eigenvalue weighted by molar-refractivity contribution is 0.0690. The summed E-state index contributed by atoms with van der Waals surface area (Å²) in [5.74, 6) is 0.878. The monoisotopic (exact) mass is 346 g/mol. The molecule has 1 aliphatic rings. The SMILES string of the molecule is COc1ccccc1N1CCN(C(=O)c2snnc2C)CC1(C)C. The van der Waals surface area contributed by atoms with Gasteiger partial charge in [0.15, 0.2) is 0 Å². The molecule has 0 N–H and O–H groups in total. The van der Waals surface area contributed by atoms with Crippen molar-refractivity contribution in [1.29, 1.82) is 0 Å². The Hall–Kier alpha value is -2.15. The summed E-state index contributed by atoms with van der Waals surface area (Å²) in [6.45, 7) is 8.18. The number of carbonyl (C=O) groups excluding carboxylic acids is 1. The summed E-state index contributed by atoms with van der Waals surface area (Å²) in [4.78, 5) is 17.6. The summed E-state index contributed by atoms with van der Waals surface area (Å²) in [7, 11) is 1.69. The van der Waals surface area contributed by atoms with Gasteiger partial charge in [-0.25, -0.2) is 0 Å². The number of nitrogens with zero attached hydrogens (tertiary/aromatic N) is 4. The van der Waals surface area contributed by atoms with E-state index in [1.165, 1.54) is 11.5 Å². The Balaban J connectivity index is 1.83. The van der Waals surface area contributed by atoms with Crippen LogP contribution in [0, 0.1) is 6.92 Å². The number of ether oxygens (including phenoxy) is 1. The molecule has 1 amide bonds. The van der Waals surface area contributed by atoms with Crippen LogP contribution in [0.1, 0.15) is 29.2 Å². The molecule has 1 saturated heterocycles. The smallest absolute Gasteiger partial charge is 0.267 e. The largest absolute Gasteiger partial charge is 0.495 e. The second-order valence-corrected chi connectivity index (χ2v) is 7.30. The second-order valence-electron chi connectivity index (χ2n) is 6.55. The van der Waals surface area contributed by atoms with Gasteiger partial charge in [-0.3, -0.25) is 4.79 Å². The maximum absolute atomic E-state index is 12.7. The average molecular weight is 346 g/mol. The summed E-state index contributed by atoms with van der Waals surface area (Å²) in [6.07, 6.45) is 0. The molecule has 0 atom stereocenters. The fourth-order valence-electron chi connectivity index (χ4n) is 3.20. The van der Waals surface area contributed by atoms with E-state index in [9.17, 15) is 4.79 Å². The lowest BCUT2D eigenvalue weighted by Crippen LogP contribution is -2.60. The minimum absolute atomic E-state index is 0.0234. The van der Waals surface area contributed by atoms with Crippen molar-refractivity contribution in [2.45, 2.75) is 26.3 Å². The molecular formula is C17H22N4O2S. The van der Waals surface area contributed by atoms with Crippen LogP contribution in [0.15, 0.2) is 24.3 Å². The van der Waals surface area contributed by atoms with Crippen LogP contribution in [0.2, 0.25) is 0 Å². The molecule has 128 valence electrons. The number of aromatic nitrogens is 2. The highest BCUT2D eigenvalue weighted by Gasteiger charge is 2.37. The zero-order chi connectivity index (χ0) is 17.3. The maximum Gasteiger partial charge on any atom is 0.267 e. The van der Waals surface area contributed by atoms with Crippen LogP contribution in [0.5, 0.6) is 5.75 Å². The van der Waals surface area contributed by atoms with E-state index >= 15 is 0 Å². The van der Waals surface area contributed by atoms with Gasteiger partial charge in [0.05, 0.1) is 24.0 Å². The number of para-hydroxylation sites is 2. The number of carbonyl (C=O) groups is 1. The van der Waals surface area contributed by atoms with Gasteiger partial charge in [0, 0.05) is 19.6 Å². The number of piperazine rings is 1. The highest BCUT2D eigenvalue weighted by atomic mass is 32.1. The summed E-state index contributed by atoms with van der Waals surface area (Å²) < 4.78 is 9.38. The first-order valence-electron chi connectivity index (χ1n) is 7.93. The van der Waals surface area contributed by atoms with Crippen molar-refractivity contribution < 1.29 is 9.53 Å². The van der Waals surface area contributed by atoms with Gasteiger partial charge >= 0.3 is 0 Å². The number of rotatable bonds is 3. The highest BCUT2D eigenvalue weighted by Crippen LogP contribution is 2.35. The van der Waals surface area contributed by atoms with E-state index in [4.69, 9.17) is 4.74 Å². The molecule has 24 heavy (non-hydrogen) atoms. The van der Waals surface area contributed by atoms with E-state index in [0.717, 1.165) is 18.0 Å². The minimum Gasteiger partial charge on any atom is -0.495 e. The van der Waals surface area contributed by atoms with E-state index in [2.05, 4.69) is 34.4 Å². The van der Waals surface area contributed by atoms with E-state index in [1.807, 2.05) is 30.0 Å². The van der Waals surface area contributed by atoms with Crippen molar-refractivity contribution in [3.05, 3.63) is 34.8 Å². The third-order valence-corrected chi connectivity index (χ3v) is 5.23. The molecule has 1 aromatic heterocycles. The predicted octanol–water partition coefficient (Wildman–Crippen LogP) is 2.60. The molecule has 0 spiro atoms. The Morgan fingerprint density at radius 1 is 1.29 bits per heavy atom. The standard InChI is InChI=1S/C17H22N4O2S/c1-12-15(24-19-18-12)16(22)20-9-10-21(17(2,3)11-20)13-7-5-6-8-14(13)23-4/h5-8H,9-11H2,1-4H3. The van der Waals surface area contributed by atoms with Crippen LogP contribution < -0.4 is 9.64 Å². The molecule has 2 heterocycles. The van der Waals surface area contributed by atoms with Crippen molar-refractivity contribution in [1.82, 2.24) is 14.5 Å². The number of anilines is 1. The summed E-state index contributed by atoms with van der Waals surface area (Å²) in [5, 5.41) is 3.95. The van der Waals surface area contributed by atoms with Crippen molar-refractivity contribution in [3.8, 4) is 5.75 Å². The fraction of sp³-hybridized carbons (Fsp3) is 0.471. The second kappa shape index (κ2) is 6.39. The van der Waals surface area contributed by atoms with Crippen LogP contribution in [0.25, 0.3) is 0 Å². The van der Waals surface area contributed by atoms with Gasteiger partial charge in [-0.05, 0) is 44.4 Å². The molecule has 6 nitrogen and oxygen atoms in total. The maximum atomic E-state index is 12.7. The predicted molar refractivity (Wildman–Crippen MR) is 95.0 cm³/mol. The molecule has 2 aromatic rings. The zero-order valence-corrected chi connectivity index (χ0v) is 15.3. The molecule has 7 heteroatoms. The fourth-order valence-corrected chi connectivity index (χ4v) is 3.82. The van der Waals surface area contributed by atoms with Crippen LogP contribution in [0.4, 0.5) is 5.69 Å². The first kappa shape index (κ1) is 16.7. The van der Waals surface area contributed by atoms with Gasteiger partial charge in [0.25, 0.3) is 5.91 Å². The summed E-state index contributed by atoms with van der Waals surface area (Å²) in [6, 6.07) is 8.01. The zero-order valence-electron chi connectivity index (χ0n) is 14.4. The van der Waals surface area contributed by atoms with Crippen LogP contribution in [-0.2, 0) is 0 Å². The first-order chi connectivity index (χ1) is 11.4. The number of hydrogen-bond acceptors (Lipinski definition) is 6. The average Bonchev–Trinajstić information content (AvgIpc) is 2.99. The lowest BCUT2D eigenvalue weighted by Gasteiger charge is -2.48. The molecule has 1 fully saturated rings. The Kier molecular flexibility index (Phi) is 4.45. The van der Waals surface area contributed by atoms with E-state index in [-0.39, 0.29) is 11.4 Å². The Bertz CT molecular complexity index is 744. The summed E-state index contributed by atoms with van der Waals surface area (Å²) >= 11 is 1.17. The highest BCUT2D eigenvalue weighted by molar-refractivity contribution is 7.07. The number of aryl methyl sites for hydroxylation is 1. The Labute approximate surface area is 146 Å². The third kappa shape index (κ3) is 2.96. The van der Waals surface area contributed by atoms with Gasteiger partial charge in [0.1, 0.15) is 10.6 Å². The summed E-state index contributed by atoms with van der Waals surface area (Å²) in [5.41, 5.74) is 1.57. The number of hydrogen-bond donors (Lipinski definition) is 0. The van der Waals surface area contributed by atoms with Gasteiger partial charge < -0.3 is 14.5 Å². The van der Waals surface area contributed by atoms with Crippen LogP contribution in [-0.4, -0.2) is 52.7 Å². The van der Waals surface area contributed by atoms with Gasteiger partial charge in [0.2, 0.25) is 0 Å². The molecule has 3 rings (SSSR count). The van der Waals surface area contributed by atoms with E-state index in [1.54, 1.807) is 7.11 Å². The Morgan fingerprint density at radius 3 is 2.67 bits per heavy atom. The minimum atomic E-state index is -0.200. The van der Waals surface area contributed by atoms with Crippen molar-refractivity contribution in [3.63, 3.8) is 0 Å². The number of benzene rings is 1. The van der Waals surface area contributed by atoms with Gasteiger partial charge in [-0.2, -0.15) is 0 Å². The topological polar surface area (TPSA) is 58.6 Å². The van der Waals surface area contributed by atoms with Crippen LogP contribution >= 0.6 is 11.5 Å². The molecule has 1 aliphatic heterocycles. The molecule has 0 bridgehead atoms. The van der Waals surface area contributed by atoms with Crippen molar-refractivity contribution >= 4 is 23.1 Å². The lowest BCUT2D eigenvalue weighted by atomic mass is 9.97. The van der Waals surface area contributed by atoms with E-state index < -0.39 is 0 Å². The Morgan fingerprint density at radius 2 is 2.04 bits per heavy atom. The van der Waals surface area contributed by atoms with Crippen LogP contribution in [0.3, 0.4) is 0 Å². The van der Waals surface area contributed by atoms with Crippen molar-refractivity contribution in [2.24, 2.45) is 0 Å². The number of methoxy groups -OCH3 is 1. The molecular weight excluding hydrogens is 324 g/mol. The molecule has 0 saturated carbocycles. The molecule has 0 unspecified atom stereocenters. The molecule has 0 aliphatic carbocycles. The normalized spacial score (nSPS) is 17.0. The van der Waals surface area contributed by atoms with Gasteiger partial charge in [-0.1, -0.05) is 16.6 Å². The van der Waals surface area contributed by atoms with Gasteiger partial charge in [-0.15, -0.1) is 5.10 Å². The number of amides is 1. The third-order valence-electron chi connectivity index (χ3n) is 4.41. The molecule has 0 radical (unpaired) electrons. The van der Waals surface area contributed by atoms with E-state index in [0.29, 0.717) is 23.7 Å². The molecule has 1 aromatic carbocycles.